The second-order valence-electron chi connectivity index (χ2n) is 3.24. The SMILES string of the molecule is CC[SiH](F)C(C)(C)C. The van der Waals surface area contributed by atoms with Gasteiger partial charge in [0.1, 0.15) is 0 Å². The van der Waals surface area contributed by atoms with Crippen LogP contribution < -0.4 is 0 Å². The van der Waals surface area contributed by atoms with Crippen LogP contribution >= 0.6 is 0 Å². The molecule has 0 bridgehead atoms. The highest BCUT2D eigenvalue weighted by molar-refractivity contribution is 6.54. The highest BCUT2D eigenvalue weighted by atomic mass is 28.3. The van der Waals surface area contributed by atoms with Crippen molar-refractivity contribution in [3.8, 4) is 0 Å². The first-order chi connectivity index (χ1) is 3.48. The van der Waals surface area contributed by atoms with Crippen molar-refractivity contribution in [2.75, 3.05) is 0 Å². The molecule has 0 aromatic rings. The van der Waals surface area contributed by atoms with E-state index in [1.807, 2.05) is 27.7 Å². The second-order valence-corrected chi connectivity index (χ2v) is 6.73. The fourth-order valence-corrected chi connectivity index (χ4v) is 1.84. The lowest BCUT2D eigenvalue weighted by Crippen LogP contribution is -2.18. The van der Waals surface area contributed by atoms with Gasteiger partial charge in [0.05, 0.1) is 0 Å². The van der Waals surface area contributed by atoms with Gasteiger partial charge in [-0.2, -0.15) is 0 Å². The zero-order valence-corrected chi connectivity index (χ0v) is 7.32. The Morgan fingerprint density at radius 1 is 1.38 bits per heavy atom. The van der Waals surface area contributed by atoms with Crippen molar-refractivity contribution in [1.29, 1.82) is 0 Å². The first-order valence-corrected chi connectivity index (χ1v) is 4.95. The van der Waals surface area contributed by atoms with Crippen LogP contribution in [0, 0.1) is 0 Å². The van der Waals surface area contributed by atoms with E-state index in [0.29, 0.717) is 0 Å². The molecule has 0 rings (SSSR count). The molecule has 0 aliphatic heterocycles. The van der Waals surface area contributed by atoms with Crippen LogP contribution in [0.25, 0.3) is 0 Å². The number of halogens is 1. The lowest BCUT2D eigenvalue weighted by Gasteiger charge is -2.19. The van der Waals surface area contributed by atoms with E-state index in [2.05, 4.69) is 0 Å². The lowest BCUT2D eigenvalue weighted by molar-refractivity contribution is 0.644. The van der Waals surface area contributed by atoms with E-state index >= 15 is 0 Å². The summed E-state index contributed by atoms with van der Waals surface area (Å²) in [5.41, 5.74) is 0. The number of hydrogen-bond donors (Lipinski definition) is 0. The van der Waals surface area contributed by atoms with Gasteiger partial charge in [-0.1, -0.05) is 27.7 Å². The summed E-state index contributed by atoms with van der Waals surface area (Å²) in [4.78, 5) is 0. The monoisotopic (exact) mass is 134 g/mol. The van der Waals surface area contributed by atoms with E-state index in [1.165, 1.54) is 0 Å². The summed E-state index contributed by atoms with van der Waals surface area (Å²) in [5, 5.41) is -0.0191. The highest BCUT2D eigenvalue weighted by Crippen LogP contribution is 2.29. The van der Waals surface area contributed by atoms with Crippen molar-refractivity contribution in [2.45, 2.75) is 38.8 Å². The average Bonchev–Trinajstić information content (AvgIpc) is 1.62. The van der Waals surface area contributed by atoms with E-state index in [9.17, 15) is 4.11 Å². The summed E-state index contributed by atoms with van der Waals surface area (Å²) in [7, 11) is -1.87. The Bertz CT molecular complexity index is 65.4. The molecule has 1 atom stereocenters. The molecule has 8 heavy (non-hydrogen) atoms. The van der Waals surface area contributed by atoms with Gasteiger partial charge in [0.25, 0.3) is 0 Å². The number of hydrogen-bond acceptors (Lipinski definition) is 0. The maximum Gasteiger partial charge on any atom is 0.236 e. The van der Waals surface area contributed by atoms with Gasteiger partial charge in [-0.25, -0.2) is 0 Å². The van der Waals surface area contributed by atoms with E-state index in [1.54, 1.807) is 0 Å². The summed E-state index contributed by atoms with van der Waals surface area (Å²) in [5.74, 6) is 0. The first-order valence-electron chi connectivity index (χ1n) is 3.12. The molecule has 0 radical (unpaired) electrons. The Labute approximate surface area is 52.9 Å². The van der Waals surface area contributed by atoms with Gasteiger partial charge in [0.2, 0.25) is 9.13 Å². The fraction of sp³-hybridized carbons (Fsp3) is 1.00. The molecular formula is C6H15FSi. The third-order valence-electron chi connectivity index (χ3n) is 1.30. The quantitative estimate of drug-likeness (QED) is 0.382. The van der Waals surface area contributed by atoms with Gasteiger partial charge in [-0.05, 0) is 11.1 Å². The molecule has 0 aliphatic rings. The van der Waals surface area contributed by atoms with Crippen LogP contribution in [0.15, 0.2) is 0 Å². The molecule has 0 aromatic heterocycles. The molecule has 0 N–H and O–H groups in total. The van der Waals surface area contributed by atoms with E-state index in [4.69, 9.17) is 0 Å². The third-order valence-corrected chi connectivity index (χ3v) is 3.89. The van der Waals surface area contributed by atoms with Gasteiger partial charge in [-0.15, -0.1) is 0 Å². The zero-order chi connectivity index (χ0) is 6.78. The minimum atomic E-state index is -1.87. The van der Waals surface area contributed by atoms with Crippen LogP contribution in [0.3, 0.4) is 0 Å². The van der Waals surface area contributed by atoms with E-state index in [-0.39, 0.29) is 5.04 Å². The summed E-state index contributed by atoms with van der Waals surface area (Å²) in [6, 6.07) is 0.767. The molecule has 0 aromatic carbocycles. The smallest absolute Gasteiger partial charge is 0.236 e. The topological polar surface area (TPSA) is 0 Å². The van der Waals surface area contributed by atoms with Crippen molar-refractivity contribution in [2.24, 2.45) is 0 Å². The lowest BCUT2D eigenvalue weighted by atomic mass is 10.3. The van der Waals surface area contributed by atoms with Crippen molar-refractivity contribution >= 4 is 9.13 Å². The maximum atomic E-state index is 12.8. The molecule has 50 valence electrons. The fourth-order valence-electron chi connectivity index (χ4n) is 0.612. The zero-order valence-electron chi connectivity index (χ0n) is 6.16. The van der Waals surface area contributed by atoms with Crippen LogP contribution in [0.2, 0.25) is 11.1 Å². The van der Waals surface area contributed by atoms with Crippen molar-refractivity contribution in [1.82, 2.24) is 0 Å². The van der Waals surface area contributed by atoms with Gasteiger partial charge in [0, 0.05) is 0 Å². The molecule has 0 saturated heterocycles. The summed E-state index contributed by atoms with van der Waals surface area (Å²) < 4.78 is 12.8. The summed E-state index contributed by atoms with van der Waals surface area (Å²) >= 11 is 0. The predicted octanol–water partition coefficient (Wildman–Crippen LogP) is 2.50. The summed E-state index contributed by atoms with van der Waals surface area (Å²) in [6.07, 6.45) is 0. The van der Waals surface area contributed by atoms with Crippen LogP contribution in [0.4, 0.5) is 4.11 Å². The molecule has 0 aliphatic carbocycles. The third kappa shape index (κ3) is 2.45. The minimum Gasteiger partial charge on any atom is -0.318 e. The van der Waals surface area contributed by atoms with Gasteiger partial charge in [0.15, 0.2) is 0 Å². The normalized spacial score (nSPS) is 16.1. The first kappa shape index (κ1) is 8.15. The second kappa shape index (κ2) is 2.62. The molecule has 0 spiro atoms. The predicted molar refractivity (Wildman–Crippen MR) is 38.5 cm³/mol. The van der Waals surface area contributed by atoms with Crippen LogP contribution in [-0.2, 0) is 0 Å². The van der Waals surface area contributed by atoms with Gasteiger partial charge in [-0.3, -0.25) is 0 Å². The standard InChI is InChI=1S/C6H15FSi/c1-5-8(7)6(2,3)4/h8H,5H2,1-4H3. The van der Waals surface area contributed by atoms with Crippen molar-refractivity contribution in [3.63, 3.8) is 0 Å². The Morgan fingerprint density at radius 3 is 1.75 bits per heavy atom. The average molecular weight is 134 g/mol. The Balaban J connectivity index is 3.62. The molecule has 0 fully saturated rings. The highest BCUT2D eigenvalue weighted by Gasteiger charge is 2.24. The van der Waals surface area contributed by atoms with Crippen molar-refractivity contribution < 1.29 is 4.11 Å². The molecule has 0 saturated carbocycles. The molecule has 1 unspecified atom stereocenters. The van der Waals surface area contributed by atoms with Crippen LogP contribution in [-0.4, -0.2) is 9.13 Å². The largest absolute Gasteiger partial charge is 0.318 e. The minimum absolute atomic E-state index is 0.0191. The number of rotatable bonds is 1. The van der Waals surface area contributed by atoms with Crippen molar-refractivity contribution in [3.05, 3.63) is 0 Å². The van der Waals surface area contributed by atoms with Crippen LogP contribution in [0.5, 0.6) is 0 Å². The Kier molecular flexibility index (Phi) is 2.67. The molecule has 0 heterocycles. The summed E-state index contributed by atoms with van der Waals surface area (Å²) in [6.45, 7) is 7.87. The molecular weight excluding hydrogens is 119 g/mol. The van der Waals surface area contributed by atoms with E-state index in [0.717, 1.165) is 6.04 Å². The molecule has 2 heteroatoms. The molecule has 0 amide bonds. The van der Waals surface area contributed by atoms with Gasteiger partial charge < -0.3 is 4.11 Å². The molecule has 0 nitrogen and oxygen atoms in total. The Hall–Kier alpha value is 0.147. The van der Waals surface area contributed by atoms with Crippen LogP contribution in [0.1, 0.15) is 27.7 Å². The Morgan fingerprint density at radius 2 is 1.75 bits per heavy atom. The van der Waals surface area contributed by atoms with E-state index < -0.39 is 9.13 Å². The van der Waals surface area contributed by atoms with Gasteiger partial charge >= 0.3 is 0 Å². The maximum absolute atomic E-state index is 12.8.